The highest BCUT2D eigenvalue weighted by Gasteiger charge is 2.29. The van der Waals surface area contributed by atoms with Crippen molar-refractivity contribution >= 4 is 5.69 Å². The lowest BCUT2D eigenvalue weighted by atomic mass is 9.99. The van der Waals surface area contributed by atoms with E-state index in [0.717, 1.165) is 31.7 Å². The molecule has 1 aromatic rings. The van der Waals surface area contributed by atoms with Gasteiger partial charge in [0, 0.05) is 43.9 Å². The maximum atomic E-state index is 10.8. The van der Waals surface area contributed by atoms with Crippen molar-refractivity contribution in [3.05, 3.63) is 39.9 Å². The molecule has 1 aliphatic rings. The second-order valence-electron chi connectivity index (χ2n) is 5.34. The van der Waals surface area contributed by atoms with Crippen LogP contribution in [0.3, 0.4) is 0 Å². The molecule has 0 atom stereocenters. The molecular weight excluding hydrogens is 230 g/mol. The van der Waals surface area contributed by atoms with E-state index in [1.165, 1.54) is 6.07 Å². The third-order valence-corrected chi connectivity index (χ3v) is 3.47. The molecule has 1 heterocycles. The SMILES string of the molecule is CC1(C)CNCCN1Cc1cccc([N+](=O)[O-])c1. The molecule has 98 valence electrons. The number of non-ortho nitro benzene ring substituents is 1. The third kappa shape index (κ3) is 2.86. The first-order valence-corrected chi connectivity index (χ1v) is 6.18. The quantitative estimate of drug-likeness (QED) is 0.655. The predicted octanol–water partition coefficient (Wildman–Crippen LogP) is 1.78. The number of piperazine rings is 1. The smallest absolute Gasteiger partial charge is 0.269 e. The van der Waals surface area contributed by atoms with Crippen LogP contribution in [0.15, 0.2) is 24.3 Å². The summed E-state index contributed by atoms with van der Waals surface area (Å²) in [6, 6.07) is 6.90. The van der Waals surface area contributed by atoms with Crippen molar-refractivity contribution in [1.82, 2.24) is 10.2 Å². The Balaban J connectivity index is 2.13. The van der Waals surface area contributed by atoms with Crippen molar-refractivity contribution in [2.75, 3.05) is 19.6 Å². The standard InChI is InChI=1S/C13H19N3O2/c1-13(2)10-14-6-7-15(13)9-11-4-3-5-12(8-11)16(17)18/h3-5,8,14H,6-7,9-10H2,1-2H3. The van der Waals surface area contributed by atoms with E-state index in [0.29, 0.717) is 0 Å². The number of hydrogen-bond donors (Lipinski definition) is 1. The number of benzene rings is 1. The summed E-state index contributed by atoms with van der Waals surface area (Å²) >= 11 is 0. The highest BCUT2D eigenvalue weighted by molar-refractivity contribution is 5.34. The lowest BCUT2D eigenvalue weighted by molar-refractivity contribution is -0.384. The Bertz CT molecular complexity index is 446. The summed E-state index contributed by atoms with van der Waals surface area (Å²) in [6.45, 7) is 8.03. The van der Waals surface area contributed by atoms with E-state index >= 15 is 0 Å². The van der Waals surface area contributed by atoms with Crippen molar-refractivity contribution in [2.45, 2.75) is 25.9 Å². The topological polar surface area (TPSA) is 58.4 Å². The van der Waals surface area contributed by atoms with Gasteiger partial charge in [0.2, 0.25) is 0 Å². The maximum Gasteiger partial charge on any atom is 0.269 e. The van der Waals surface area contributed by atoms with Crippen LogP contribution in [0.5, 0.6) is 0 Å². The summed E-state index contributed by atoms with van der Waals surface area (Å²) in [5.41, 5.74) is 1.25. The largest absolute Gasteiger partial charge is 0.314 e. The van der Waals surface area contributed by atoms with E-state index in [2.05, 4.69) is 24.1 Å². The Morgan fingerprint density at radius 2 is 2.28 bits per heavy atom. The summed E-state index contributed by atoms with van der Waals surface area (Å²) in [5, 5.41) is 14.1. The molecule has 5 nitrogen and oxygen atoms in total. The third-order valence-electron chi connectivity index (χ3n) is 3.47. The Hall–Kier alpha value is -1.46. The van der Waals surface area contributed by atoms with Gasteiger partial charge in [0.1, 0.15) is 0 Å². The van der Waals surface area contributed by atoms with E-state index in [9.17, 15) is 10.1 Å². The Morgan fingerprint density at radius 1 is 1.50 bits per heavy atom. The van der Waals surface area contributed by atoms with Gasteiger partial charge in [-0.1, -0.05) is 12.1 Å². The molecule has 0 aromatic heterocycles. The van der Waals surface area contributed by atoms with Crippen LogP contribution in [0.4, 0.5) is 5.69 Å². The summed E-state index contributed by atoms with van der Waals surface area (Å²) in [7, 11) is 0. The Labute approximate surface area is 107 Å². The van der Waals surface area contributed by atoms with Crippen molar-refractivity contribution in [3.63, 3.8) is 0 Å². The average molecular weight is 249 g/mol. The monoisotopic (exact) mass is 249 g/mol. The number of rotatable bonds is 3. The fraction of sp³-hybridized carbons (Fsp3) is 0.538. The van der Waals surface area contributed by atoms with Crippen molar-refractivity contribution < 1.29 is 4.92 Å². The second kappa shape index (κ2) is 5.04. The molecule has 1 saturated heterocycles. The van der Waals surface area contributed by atoms with Crippen LogP contribution in [0.1, 0.15) is 19.4 Å². The molecule has 0 saturated carbocycles. The van der Waals surface area contributed by atoms with Crippen molar-refractivity contribution in [2.24, 2.45) is 0 Å². The lowest BCUT2D eigenvalue weighted by Crippen LogP contribution is -2.57. The molecule has 1 fully saturated rings. The van der Waals surface area contributed by atoms with Gasteiger partial charge in [-0.3, -0.25) is 15.0 Å². The number of hydrogen-bond acceptors (Lipinski definition) is 4. The van der Waals surface area contributed by atoms with Gasteiger partial charge in [-0.15, -0.1) is 0 Å². The van der Waals surface area contributed by atoms with Crippen LogP contribution < -0.4 is 5.32 Å². The molecule has 1 aromatic carbocycles. The highest BCUT2D eigenvalue weighted by Crippen LogP contribution is 2.21. The first kappa shape index (κ1) is 13.0. The van der Waals surface area contributed by atoms with Crippen LogP contribution in [-0.4, -0.2) is 35.0 Å². The summed E-state index contributed by atoms with van der Waals surface area (Å²) < 4.78 is 0. The van der Waals surface area contributed by atoms with E-state index in [-0.39, 0.29) is 16.1 Å². The Morgan fingerprint density at radius 3 is 2.94 bits per heavy atom. The van der Waals surface area contributed by atoms with Crippen LogP contribution in [0.2, 0.25) is 0 Å². The molecular formula is C13H19N3O2. The molecule has 0 radical (unpaired) electrons. The molecule has 0 unspecified atom stereocenters. The molecule has 2 rings (SSSR count). The van der Waals surface area contributed by atoms with Crippen LogP contribution >= 0.6 is 0 Å². The molecule has 5 heteroatoms. The zero-order valence-corrected chi connectivity index (χ0v) is 10.8. The van der Waals surface area contributed by atoms with Crippen molar-refractivity contribution in [3.8, 4) is 0 Å². The van der Waals surface area contributed by atoms with E-state index in [4.69, 9.17) is 0 Å². The normalized spacial score (nSPS) is 19.7. The van der Waals surface area contributed by atoms with Crippen LogP contribution in [-0.2, 0) is 6.54 Å². The van der Waals surface area contributed by atoms with E-state index in [1.54, 1.807) is 12.1 Å². The zero-order chi connectivity index (χ0) is 13.2. The van der Waals surface area contributed by atoms with Crippen LogP contribution in [0, 0.1) is 10.1 Å². The van der Waals surface area contributed by atoms with E-state index < -0.39 is 0 Å². The van der Waals surface area contributed by atoms with Gasteiger partial charge in [0.15, 0.2) is 0 Å². The fourth-order valence-electron chi connectivity index (χ4n) is 2.30. The van der Waals surface area contributed by atoms with Crippen LogP contribution in [0.25, 0.3) is 0 Å². The second-order valence-corrected chi connectivity index (χ2v) is 5.34. The van der Waals surface area contributed by atoms with Gasteiger partial charge in [-0.25, -0.2) is 0 Å². The molecule has 0 aliphatic carbocycles. The van der Waals surface area contributed by atoms with E-state index in [1.807, 2.05) is 6.07 Å². The van der Waals surface area contributed by atoms with Gasteiger partial charge in [-0.2, -0.15) is 0 Å². The maximum absolute atomic E-state index is 10.8. The summed E-state index contributed by atoms with van der Waals surface area (Å²) in [4.78, 5) is 12.8. The van der Waals surface area contributed by atoms with Gasteiger partial charge >= 0.3 is 0 Å². The molecule has 0 amide bonds. The predicted molar refractivity (Wildman–Crippen MR) is 70.5 cm³/mol. The number of nitrogens with zero attached hydrogens (tertiary/aromatic N) is 2. The van der Waals surface area contributed by atoms with Gasteiger partial charge < -0.3 is 5.32 Å². The minimum atomic E-state index is -0.341. The molecule has 18 heavy (non-hydrogen) atoms. The molecule has 1 N–H and O–H groups in total. The Kier molecular flexibility index (Phi) is 3.63. The number of nitrogens with one attached hydrogen (secondary N) is 1. The molecule has 0 bridgehead atoms. The highest BCUT2D eigenvalue weighted by atomic mass is 16.6. The van der Waals surface area contributed by atoms with Gasteiger partial charge in [-0.05, 0) is 19.4 Å². The first-order chi connectivity index (χ1) is 8.49. The minimum Gasteiger partial charge on any atom is -0.314 e. The van der Waals surface area contributed by atoms with Crippen molar-refractivity contribution in [1.29, 1.82) is 0 Å². The van der Waals surface area contributed by atoms with Gasteiger partial charge in [0.05, 0.1) is 4.92 Å². The number of nitro groups is 1. The first-order valence-electron chi connectivity index (χ1n) is 6.18. The summed E-state index contributed by atoms with van der Waals surface area (Å²) in [6.07, 6.45) is 0. The zero-order valence-electron chi connectivity index (χ0n) is 10.8. The number of nitro benzene ring substituents is 1. The minimum absolute atomic E-state index is 0.0862. The molecule has 0 spiro atoms. The molecule has 1 aliphatic heterocycles. The summed E-state index contributed by atoms with van der Waals surface area (Å²) in [5.74, 6) is 0. The van der Waals surface area contributed by atoms with Gasteiger partial charge in [0.25, 0.3) is 5.69 Å². The lowest BCUT2D eigenvalue weighted by Gasteiger charge is -2.42. The average Bonchev–Trinajstić information content (AvgIpc) is 2.32. The fourth-order valence-corrected chi connectivity index (χ4v) is 2.30.